The molecule has 0 fully saturated rings. The van der Waals surface area contributed by atoms with Crippen LogP contribution in [0.5, 0.6) is 5.75 Å². The fourth-order valence-corrected chi connectivity index (χ4v) is 5.08. The lowest BCUT2D eigenvalue weighted by atomic mass is 10.1. The number of anilines is 1. The first-order valence-corrected chi connectivity index (χ1v) is 12.0. The van der Waals surface area contributed by atoms with Gasteiger partial charge in [-0.15, -0.1) is 11.3 Å². The van der Waals surface area contributed by atoms with Crippen LogP contribution in [0.1, 0.15) is 5.56 Å². The van der Waals surface area contributed by atoms with Crippen LogP contribution in [0.15, 0.2) is 70.3 Å². The van der Waals surface area contributed by atoms with Crippen molar-refractivity contribution < 1.29 is 22.7 Å². The zero-order valence-electron chi connectivity index (χ0n) is 16.9. The van der Waals surface area contributed by atoms with Crippen molar-refractivity contribution in [2.45, 2.75) is 10.6 Å². The third-order valence-corrected chi connectivity index (χ3v) is 7.71. The number of hydrazine groups is 1. The van der Waals surface area contributed by atoms with Crippen molar-refractivity contribution in [1.29, 1.82) is 0 Å². The van der Waals surface area contributed by atoms with E-state index in [9.17, 15) is 18.0 Å². The molecule has 3 rings (SSSR count). The zero-order chi connectivity index (χ0) is 23.1. The van der Waals surface area contributed by atoms with Crippen molar-refractivity contribution in [3.63, 3.8) is 0 Å². The van der Waals surface area contributed by atoms with Crippen LogP contribution < -0.4 is 19.9 Å². The number of benzene rings is 2. The Morgan fingerprint density at radius 1 is 1.00 bits per heavy atom. The van der Waals surface area contributed by atoms with Gasteiger partial charge in [0.25, 0.3) is 15.9 Å². The van der Waals surface area contributed by atoms with Crippen LogP contribution in [0.4, 0.5) is 5.69 Å². The molecule has 1 heterocycles. The van der Waals surface area contributed by atoms with E-state index in [0.717, 1.165) is 16.9 Å². The predicted octanol–water partition coefficient (Wildman–Crippen LogP) is 3.00. The van der Waals surface area contributed by atoms with Gasteiger partial charge in [-0.25, -0.2) is 8.42 Å². The molecule has 11 heteroatoms. The maximum absolute atomic E-state index is 12.6. The van der Waals surface area contributed by atoms with Crippen molar-refractivity contribution in [1.82, 2.24) is 10.9 Å². The summed E-state index contributed by atoms with van der Waals surface area (Å²) >= 11 is 6.94. The number of amides is 2. The molecule has 168 valence electrons. The molecule has 2 aromatic carbocycles. The fraction of sp³-hybridized carbons (Fsp3) is 0.143. The maximum atomic E-state index is 12.6. The maximum Gasteiger partial charge on any atom is 0.276 e. The SMILES string of the molecule is CN(c1ccc(OCC(=O)NNC(=O)Cc2ccc(Cl)cc2)cc1)S(=O)(=O)c1cccs1. The molecule has 0 radical (unpaired) electrons. The number of carbonyl (C=O) groups is 2. The summed E-state index contributed by atoms with van der Waals surface area (Å²) in [6.07, 6.45) is 0.0850. The number of sulfonamides is 1. The van der Waals surface area contributed by atoms with E-state index in [1.807, 2.05) is 0 Å². The minimum Gasteiger partial charge on any atom is -0.484 e. The standard InChI is InChI=1S/C21H20ClN3O5S2/c1-25(32(28,29)21-3-2-12-31-21)17-8-10-18(11-9-17)30-14-20(27)24-23-19(26)13-15-4-6-16(22)7-5-15/h2-12H,13-14H2,1H3,(H,23,26)(H,24,27). The van der Waals surface area contributed by atoms with Gasteiger partial charge in [0, 0.05) is 12.1 Å². The average molecular weight is 494 g/mol. The van der Waals surface area contributed by atoms with E-state index < -0.39 is 15.9 Å². The van der Waals surface area contributed by atoms with Gasteiger partial charge in [0.05, 0.1) is 12.1 Å². The smallest absolute Gasteiger partial charge is 0.276 e. The Hall–Kier alpha value is -3.08. The molecule has 32 heavy (non-hydrogen) atoms. The second-order valence-electron chi connectivity index (χ2n) is 6.59. The highest BCUT2D eigenvalue weighted by molar-refractivity contribution is 7.94. The fourth-order valence-electron chi connectivity index (χ4n) is 2.59. The number of nitrogens with one attached hydrogen (secondary N) is 2. The molecular formula is C21H20ClN3O5S2. The molecule has 0 saturated heterocycles. The molecule has 2 N–H and O–H groups in total. The summed E-state index contributed by atoms with van der Waals surface area (Å²) in [6, 6.07) is 16.3. The molecule has 1 aromatic heterocycles. The van der Waals surface area contributed by atoms with E-state index in [2.05, 4.69) is 10.9 Å². The Morgan fingerprint density at radius 3 is 2.28 bits per heavy atom. The molecule has 0 unspecified atom stereocenters. The van der Waals surface area contributed by atoms with E-state index in [0.29, 0.717) is 16.5 Å². The quantitative estimate of drug-likeness (QED) is 0.469. The third-order valence-electron chi connectivity index (χ3n) is 4.30. The van der Waals surface area contributed by atoms with Crippen LogP contribution in [-0.2, 0) is 26.0 Å². The van der Waals surface area contributed by atoms with E-state index >= 15 is 0 Å². The first-order valence-electron chi connectivity index (χ1n) is 9.33. The molecule has 0 bridgehead atoms. The highest BCUT2D eigenvalue weighted by Crippen LogP contribution is 2.26. The normalized spacial score (nSPS) is 10.9. The molecule has 0 aliphatic rings. The van der Waals surface area contributed by atoms with Gasteiger partial charge in [0.1, 0.15) is 9.96 Å². The number of thiophene rings is 1. The first kappa shape index (κ1) is 23.6. The Kier molecular flexibility index (Phi) is 7.73. The minimum atomic E-state index is -3.63. The van der Waals surface area contributed by atoms with Gasteiger partial charge in [-0.05, 0) is 53.4 Å². The van der Waals surface area contributed by atoms with E-state index in [4.69, 9.17) is 16.3 Å². The van der Waals surface area contributed by atoms with E-state index in [1.54, 1.807) is 66.0 Å². The van der Waals surface area contributed by atoms with Gasteiger partial charge in [0.2, 0.25) is 5.91 Å². The van der Waals surface area contributed by atoms with E-state index in [1.165, 1.54) is 11.4 Å². The van der Waals surface area contributed by atoms with Gasteiger partial charge >= 0.3 is 0 Å². The molecule has 3 aromatic rings. The molecule has 2 amide bonds. The summed E-state index contributed by atoms with van der Waals surface area (Å²) in [5.74, 6) is -0.561. The Bertz CT molecular complexity index is 1170. The number of hydrogen-bond acceptors (Lipinski definition) is 6. The molecule has 0 atom stereocenters. The third kappa shape index (κ3) is 6.22. The largest absolute Gasteiger partial charge is 0.484 e. The molecule has 0 aliphatic carbocycles. The lowest BCUT2D eigenvalue weighted by Gasteiger charge is -2.18. The number of ether oxygens (including phenoxy) is 1. The van der Waals surface area contributed by atoms with Crippen LogP contribution in [0.3, 0.4) is 0 Å². The summed E-state index contributed by atoms with van der Waals surface area (Å²) in [5, 5.41) is 2.27. The molecule has 0 aliphatic heterocycles. The minimum absolute atomic E-state index is 0.0850. The van der Waals surface area contributed by atoms with Gasteiger partial charge in [-0.2, -0.15) is 0 Å². The van der Waals surface area contributed by atoms with Crippen molar-refractivity contribution >= 4 is 50.5 Å². The number of nitrogens with zero attached hydrogens (tertiary/aromatic N) is 1. The molecular weight excluding hydrogens is 474 g/mol. The van der Waals surface area contributed by atoms with Crippen LogP contribution >= 0.6 is 22.9 Å². The van der Waals surface area contributed by atoms with Crippen molar-refractivity contribution in [3.8, 4) is 5.75 Å². The van der Waals surface area contributed by atoms with Crippen LogP contribution in [0.2, 0.25) is 5.02 Å². The summed E-state index contributed by atoms with van der Waals surface area (Å²) in [4.78, 5) is 23.8. The first-order chi connectivity index (χ1) is 15.3. The van der Waals surface area contributed by atoms with Gasteiger partial charge in [-0.1, -0.05) is 29.8 Å². The summed E-state index contributed by atoms with van der Waals surface area (Å²) in [5.41, 5.74) is 5.79. The summed E-state index contributed by atoms with van der Waals surface area (Å²) in [6.45, 7) is -0.329. The summed E-state index contributed by atoms with van der Waals surface area (Å²) < 4.78 is 31.9. The van der Waals surface area contributed by atoms with Gasteiger partial charge < -0.3 is 4.74 Å². The Morgan fingerprint density at radius 2 is 1.66 bits per heavy atom. The molecule has 0 spiro atoms. The van der Waals surface area contributed by atoms with Crippen molar-refractivity contribution in [2.75, 3.05) is 18.0 Å². The number of hydrogen-bond donors (Lipinski definition) is 2. The highest BCUT2D eigenvalue weighted by Gasteiger charge is 2.22. The van der Waals surface area contributed by atoms with Crippen molar-refractivity contribution in [3.05, 3.63) is 76.6 Å². The Balaban J connectivity index is 1.46. The monoisotopic (exact) mass is 493 g/mol. The number of carbonyl (C=O) groups excluding carboxylic acids is 2. The van der Waals surface area contributed by atoms with Crippen LogP contribution in [0, 0.1) is 0 Å². The molecule has 8 nitrogen and oxygen atoms in total. The lowest BCUT2D eigenvalue weighted by molar-refractivity contribution is -0.129. The van der Waals surface area contributed by atoms with Gasteiger partial charge in [-0.3, -0.25) is 24.7 Å². The topological polar surface area (TPSA) is 105 Å². The number of halogens is 1. The van der Waals surface area contributed by atoms with Crippen LogP contribution in [0.25, 0.3) is 0 Å². The molecule has 0 saturated carbocycles. The second kappa shape index (κ2) is 10.5. The van der Waals surface area contributed by atoms with Gasteiger partial charge in [0.15, 0.2) is 6.61 Å². The van der Waals surface area contributed by atoms with Crippen molar-refractivity contribution in [2.24, 2.45) is 0 Å². The average Bonchev–Trinajstić information content (AvgIpc) is 3.34. The highest BCUT2D eigenvalue weighted by atomic mass is 35.5. The Labute approximate surface area is 194 Å². The second-order valence-corrected chi connectivity index (χ2v) is 10.2. The number of rotatable bonds is 8. The van der Waals surface area contributed by atoms with Crippen LogP contribution in [-0.4, -0.2) is 33.9 Å². The van der Waals surface area contributed by atoms with E-state index in [-0.39, 0.29) is 23.1 Å². The summed E-state index contributed by atoms with van der Waals surface area (Å²) in [7, 11) is -2.16. The lowest BCUT2D eigenvalue weighted by Crippen LogP contribution is -2.44. The zero-order valence-corrected chi connectivity index (χ0v) is 19.3. The predicted molar refractivity (Wildman–Crippen MR) is 123 cm³/mol.